The van der Waals surface area contributed by atoms with Gasteiger partial charge in [0.25, 0.3) is 0 Å². The Hall–Kier alpha value is -2.15. The lowest BCUT2D eigenvalue weighted by Gasteiger charge is -2.33. The highest BCUT2D eigenvalue weighted by Gasteiger charge is 2.44. The van der Waals surface area contributed by atoms with Crippen LogP contribution in [0.4, 0.5) is 9.18 Å². The lowest BCUT2D eigenvalue weighted by atomic mass is 9.91. The molecular formula is C22H30FNO5. The Morgan fingerprint density at radius 2 is 1.93 bits per heavy atom. The van der Waals surface area contributed by atoms with E-state index in [1.165, 1.54) is 12.1 Å². The predicted molar refractivity (Wildman–Crippen MR) is 105 cm³/mol. The highest BCUT2D eigenvalue weighted by Crippen LogP contribution is 2.48. The molecule has 6 nitrogen and oxygen atoms in total. The molecule has 0 aromatic heterocycles. The van der Waals surface area contributed by atoms with E-state index in [1.54, 1.807) is 11.0 Å². The van der Waals surface area contributed by atoms with Gasteiger partial charge in [0.2, 0.25) is 0 Å². The number of hydrogen-bond acceptors (Lipinski definition) is 4. The van der Waals surface area contributed by atoms with Crippen LogP contribution < -0.4 is 0 Å². The first-order chi connectivity index (χ1) is 13.6. The Labute approximate surface area is 171 Å². The van der Waals surface area contributed by atoms with Gasteiger partial charge in [-0.05, 0) is 75.5 Å². The number of carboxylic acid groups (broad SMARTS) is 1. The van der Waals surface area contributed by atoms with Crippen LogP contribution in [0, 0.1) is 23.6 Å². The summed E-state index contributed by atoms with van der Waals surface area (Å²) in [5.41, 5.74) is -0.159. The Morgan fingerprint density at radius 3 is 2.52 bits per heavy atom. The number of ether oxygens (including phenoxy) is 2. The number of carbonyl (C=O) groups is 2. The van der Waals surface area contributed by atoms with Gasteiger partial charge in [0.1, 0.15) is 11.4 Å². The van der Waals surface area contributed by atoms with E-state index in [2.05, 4.69) is 0 Å². The zero-order chi connectivity index (χ0) is 21.2. The summed E-state index contributed by atoms with van der Waals surface area (Å²) < 4.78 is 24.9. The van der Waals surface area contributed by atoms with Crippen molar-refractivity contribution in [2.75, 3.05) is 19.7 Å². The summed E-state index contributed by atoms with van der Waals surface area (Å²) in [4.78, 5) is 24.8. The Kier molecular flexibility index (Phi) is 6.46. The molecule has 7 heteroatoms. The number of amides is 1. The van der Waals surface area contributed by atoms with Gasteiger partial charge in [0.05, 0.1) is 18.8 Å². The molecule has 1 aliphatic carbocycles. The minimum atomic E-state index is -1.27. The molecule has 1 heterocycles. The van der Waals surface area contributed by atoms with Gasteiger partial charge in [0, 0.05) is 13.1 Å². The van der Waals surface area contributed by atoms with Crippen molar-refractivity contribution in [3.63, 3.8) is 0 Å². The molecule has 2 atom stereocenters. The number of aromatic carboxylic acids is 1. The van der Waals surface area contributed by atoms with Crippen LogP contribution in [0.25, 0.3) is 0 Å². The second-order valence-corrected chi connectivity index (χ2v) is 9.10. The predicted octanol–water partition coefficient (Wildman–Crippen LogP) is 4.32. The van der Waals surface area contributed by atoms with Gasteiger partial charge in [0.15, 0.2) is 0 Å². The van der Waals surface area contributed by atoms with Crippen LogP contribution in [0.15, 0.2) is 18.2 Å². The Balaban J connectivity index is 1.37. The first-order valence-corrected chi connectivity index (χ1v) is 10.2. The zero-order valence-corrected chi connectivity index (χ0v) is 17.3. The van der Waals surface area contributed by atoms with E-state index in [0.717, 1.165) is 32.4 Å². The SMILES string of the molecule is CC(C)(C)OC(=O)N1CCC([C@H]2C[C@H]2COCc2ccc(C(=O)O)c(F)c2)CC1. The molecule has 1 saturated carbocycles. The fourth-order valence-electron chi connectivity index (χ4n) is 4.03. The van der Waals surface area contributed by atoms with Gasteiger partial charge in [-0.2, -0.15) is 0 Å². The van der Waals surface area contributed by atoms with Crippen LogP contribution in [0.1, 0.15) is 56.0 Å². The number of hydrogen-bond donors (Lipinski definition) is 1. The third-order valence-corrected chi connectivity index (χ3v) is 5.64. The number of rotatable bonds is 6. The third kappa shape index (κ3) is 5.92. The highest BCUT2D eigenvalue weighted by molar-refractivity contribution is 5.87. The van der Waals surface area contributed by atoms with E-state index in [0.29, 0.717) is 29.9 Å². The van der Waals surface area contributed by atoms with Gasteiger partial charge < -0.3 is 19.5 Å². The maximum atomic E-state index is 13.7. The van der Waals surface area contributed by atoms with Crippen LogP contribution >= 0.6 is 0 Å². The minimum Gasteiger partial charge on any atom is -0.478 e. The molecule has 3 rings (SSSR count). The number of halogens is 1. The summed E-state index contributed by atoms with van der Waals surface area (Å²) >= 11 is 0. The van der Waals surface area contributed by atoms with Crippen LogP contribution in [0.5, 0.6) is 0 Å². The molecule has 1 aromatic rings. The summed E-state index contributed by atoms with van der Waals surface area (Å²) in [5, 5.41) is 8.86. The van der Waals surface area contributed by atoms with E-state index in [1.807, 2.05) is 20.8 Å². The molecule has 1 N–H and O–H groups in total. The average Bonchev–Trinajstić information content (AvgIpc) is 3.40. The van der Waals surface area contributed by atoms with Crippen LogP contribution in [0.3, 0.4) is 0 Å². The van der Waals surface area contributed by atoms with Crippen molar-refractivity contribution >= 4 is 12.1 Å². The summed E-state index contributed by atoms with van der Waals surface area (Å²) in [7, 11) is 0. The van der Waals surface area contributed by atoms with E-state index in [-0.39, 0.29) is 18.3 Å². The Morgan fingerprint density at radius 1 is 1.24 bits per heavy atom. The van der Waals surface area contributed by atoms with Crippen molar-refractivity contribution in [3.05, 3.63) is 35.1 Å². The van der Waals surface area contributed by atoms with Crippen molar-refractivity contribution < 1.29 is 28.6 Å². The molecule has 160 valence electrons. The first-order valence-electron chi connectivity index (χ1n) is 10.2. The van der Waals surface area contributed by atoms with E-state index in [4.69, 9.17) is 14.6 Å². The summed E-state index contributed by atoms with van der Waals surface area (Å²) in [6.07, 6.45) is 2.88. The maximum Gasteiger partial charge on any atom is 0.410 e. The first kappa shape index (κ1) is 21.6. The fourth-order valence-corrected chi connectivity index (χ4v) is 4.03. The topological polar surface area (TPSA) is 76.1 Å². The van der Waals surface area contributed by atoms with E-state index in [9.17, 15) is 14.0 Å². The number of likely N-dealkylation sites (tertiary alicyclic amines) is 1. The summed E-state index contributed by atoms with van der Waals surface area (Å²) in [6, 6.07) is 4.08. The normalized spacial score (nSPS) is 22.4. The van der Waals surface area contributed by atoms with Gasteiger partial charge in [-0.15, -0.1) is 0 Å². The molecule has 1 saturated heterocycles. The van der Waals surface area contributed by atoms with Gasteiger partial charge >= 0.3 is 12.1 Å². The standard InChI is InChI=1S/C22H30FNO5/c1-22(2,3)29-21(27)24-8-6-15(7-9-24)18-11-16(18)13-28-12-14-4-5-17(20(25)26)19(23)10-14/h4-5,10,15-16,18H,6-9,11-13H2,1-3H3,(H,25,26)/t16-,18+/m0/s1. The summed E-state index contributed by atoms with van der Waals surface area (Å²) in [6.45, 7) is 8.00. The average molecular weight is 407 g/mol. The second kappa shape index (κ2) is 8.69. The van der Waals surface area contributed by atoms with E-state index < -0.39 is 17.4 Å². The largest absolute Gasteiger partial charge is 0.478 e. The quantitative estimate of drug-likeness (QED) is 0.760. The number of benzene rings is 1. The van der Waals surface area contributed by atoms with Crippen molar-refractivity contribution in [1.29, 1.82) is 0 Å². The monoisotopic (exact) mass is 407 g/mol. The highest BCUT2D eigenvalue weighted by atomic mass is 19.1. The van der Waals surface area contributed by atoms with Gasteiger partial charge in [-0.25, -0.2) is 14.0 Å². The lowest BCUT2D eigenvalue weighted by molar-refractivity contribution is 0.0169. The molecule has 29 heavy (non-hydrogen) atoms. The van der Waals surface area contributed by atoms with Crippen molar-refractivity contribution in [2.45, 2.75) is 52.2 Å². The van der Waals surface area contributed by atoms with Crippen LogP contribution in [0.2, 0.25) is 0 Å². The summed E-state index contributed by atoms with van der Waals surface area (Å²) in [5.74, 6) is -0.263. The smallest absolute Gasteiger partial charge is 0.410 e. The molecule has 0 bridgehead atoms. The zero-order valence-electron chi connectivity index (χ0n) is 17.3. The molecule has 0 unspecified atom stereocenters. The second-order valence-electron chi connectivity index (χ2n) is 9.10. The third-order valence-electron chi connectivity index (χ3n) is 5.64. The molecular weight excluding hydrogens is 377 g/mol. The number of carbonyl (C=O) groups excluding carboxylic acids is 1. The van der Waals surface area contributed by atoms with Gasteiger partial charge in [-0.1, -0.05) is 6.07 Å². The van der Waals surface area contributed by atoms with Crippen molar-refractivity contribution in [2.24, 2.45) is 17.8 Å². The molecule has 0 spiro atoms. The number of nitrogens with zero attached hydrogens (tertiary/aromatic N) is 1. The van der Waals surface area contributed by atoms with Crippen molar-refractivity contribution in [3.8, 4) is 0 Å². The molecule has 1 aromatic carbocycles. The molecule has 2 fully saturated rings. The fraction of sp³-hybridized carbons (Fsp3) is 0.636. The Bertz CT molecular complexity index is 752. The van der Waals surface area contributed by atoms with Crippen LogP contribution in [-0.4, -0.2) is 47.4 Å². The number of carboxylic acids is 1. The molecule has 1 aliphatic heterocycles. The molecule has 2 aliphatic rings. The van der Waals surface area contributed by atoms with Gasteiger partial charge in [-0.3, -0.25) is 0 Å². The minimum absolute atomic E-state index is 0.229. The molecule has 0 radical (unpaired) electrons. The molecule has 1 amide bonds. The maximum absolute atomic E-state index is 13.7. The number of piperidine rings is 1. The van der Waals surface area contributed by atoms with Crippen LogP contribution in [-0.2, 0) is 16.1 Å². The van der Waals surface area contributed by atoms with Crippen molar-refractivity contribution in [1.82, 2.24) is 4.90 Å². The lowest BCUT2D eigenvalue weighted by Crippen LogP contribution is -2.42. The van der Waals surface area contributed by atoms with E-state index >= 15 is 0 Å².